The van der Waals surface area contributed by atoms with Crippen LogP contribution in [0.1, 0.15) is 57.0 Å². The molecule has 0 saturated carbocycles. The summed E-state index contributed by atoms with van der Waals surface area (Å²) >= 11 is 0. The van der Waals surface area contributed by atoms with Crippen LogP contribution in [0.15, 0.2) is 48.5 Å². The second-order valence-electron chi connectivity index (χ2n) is 10.0. The third kappa shape index (κ3) is 8.13. The summed E-state index contributed by atoms with van der Waals surface area (Å²) in [4.78, 5) is 26.9. The normalized spacial score (nSPS) is 11.8. The topological polar surface area (TPSA) is 75.4 Å². The molecule has 0 atom stereocenters. The van der Waals surface area contributed by atoms with Crippen LogP contribution < -0.4 is 11.1 Å². The summed E-state index contributed by atoms with van der Waals surface area (Å²) in [5.41, 5.74) is 7.43. The molecule has 3 N–H and O–H groups in total. The minimum absolute atomic E-state index is 0.0344. The Morgan fingerprint density at radius 3 is 2.23 bits per heavy atom. The van der Waals surface area contributed by atoms with Gasteiger partial charge in [-0.25, -0.2) is 4.39 Å². The standard InChI is InChI=1S/C25H34FN3O2/c1-24(2,3)14-22(30)28-21-11-9-18(10-12-21)15-29(17-25(4,5)16-27)23(31)19-7-6-8-20(26)13-19/h6-13H,14-17,27H2,1-5H3,(H,28,30). The van der Waals surface area contributed by atoms with Crippen molar-refractivity contribution < 1.29 is 14.0 Å². The van der Waals surface area contributed by atoms with Crippen LogP contribution in [-0.4, -0.2) is 29.8 Å². The highest BCUT2D eigenvalue weighted by molar-refractivity contribution is 5.94. The lowest BCUT2D eigenvalue weighted by atomic mass is 9.92. The van der Waals surface area contributed by atoms with Gasteiger partial charge in [-0.3, -0.25) is 9.59 Å². The number of hydrogen-bond donors (Lipinski definition) is 2. The van der Waals surface area contributed by atoms with Crippen molar-refractivity contribution in [2.24, 2.45) is 16.6 Å². The minimum Gasteiger partial charge on any atom is -0.334 e. The predicted molar refractivity (Wildman–Crippen MR) is 123 cm³/mol. The molecule has 2 aromatic carbocycles. The lowest BCUT2D eigenvalue weighted by molar-refractivity contribution is -0.117. The van der Waals surface area contributed by atoms with Crippen LogP contribution in [0.5, 0.6) is 0 Å². The van der Waals surface area contributed by atoms with Gasteiger partial charge in [-0.1, -0.05) is 52.8 Å². The van der Waals surface area contributed by atoms with Crippen molar-refractivity contribution in [3.05, 3.63) is 65.5 Å². The Morgan fingerprint density at radius 2 is 1.68 bits per heavy atom. The average Bonchev–Trinajstić information content (AvgIpc) is 2.66. The maximum Gasteiger partial charge on any atom is 0.254 e. The summed E-state index contributed by atoms with van der Waals surface area (Å²) < 4.78 is 13.6. The van der Waals surface area contributed by atoms with Crippen LogP contribution in [0.2, 0.25) is 0 Å². The molecule has 0 aromatic heterocycles. The van der Waals surface area contributed by atoms with Crippen molar-refractivity contribution in [1.29, 1.82) is 0 Å². The Balaban J connectivity index is 2.16. The van der Waals surface area contributed by atoms with E-state index in [1.807, 2.05) is 58.9 Å². The zero-order chi connectivity index (χ0) is 23.2. The van der Waals surface area contributed by atoms with E-state index >= 15 is 0 Å². The van der Waals surface area contributed by atoms with Gasteiger partial charge >= 0.3 is 0 Å². The smallest absolute Gasteiger partial charge is 0.254 e. The fraction of sp³-hybridized carbons (Fsp3) is 0.440. The van der Waals surface area contributed by atoms with Crippen molar-refractivity contribution in [2.75, 3.05) is 18.4 Å². The quantitative estimate of drug-likeness (QED) is 0.634. The number of carbonyl (C=O) groups excluding carboxylic acids is 2. The van der Waals surface area contributed by atoms with E-state index in [1.54, 1.807) is 11.0 Å². The predicted octanol–water partition coefficient (Wildman–Crippen LogP) is 4.83. The molecule has 0 spiro atoms. The molecule has 0 unspecified atom stereocenters. The van der Waals surface area contributed by atoms with Crippen LogP contribution in [0.3, 0.4) is 0 Å². The Hall–Kier alpha value is -2.73. The summed E-state index contributed by atoms with van der Waals surface area (Å²) in [5.74, 6) is -0.726. The summed E-state index contributed by atoms with van der Waals surface area (Å²) in [6, 6.07) is 13.1. The molecule has 0 fully saturated rings. The molecule has 0 saturated heterocycles. The molecule has 2 amide bonds. The molecule has 0 aliphatic carbocycles. The van der Waals surface area contributed by atoms with Gasteiger partial charge in [0.15, 0.2) is 0 Å². The second kappa shape index (κ2) is 10.1. The van der Waals surface area contributed by atoms with E-state index in [0.717, 1.165) is 5.56 Å². The van der Waals surface area contributed by atoms with Crippen LogP contribution >= 0.6 is 0 Å². The monoisotopic (exact) mass is 427 g/mol. The van der Waals surface area contributed by atoms with Crippen LogP contribution in [0.4, 0.5) is 10.1 Å². The maximum atomic E-state index is 13.6. The van der Waals surface area contributed by atoms with E-state index in [9.17, 15) is 14.0 Å². The van der Waals surface area contributed by atoms with E-state index in [2.05, 4.69) is 5.32 Å². The highest BCUT2D eigenvalue weighted by Gasteiger charge is 2.25. The van der Waals surface area contributed by atoms with Gasteiger partial charge in [0.2, 0.25) is 5.91 Å². The number of amides is 2. The van der Waals surface area contributed by atoms with Crippen molar-refractivity contribution in [1.82, 2.24) is 4.90 Å². The van der Waals surface area contributed by atoms with Crippen LogP contribution in [0, 0.1) is 16.6 Å². The first-order chi connectivity index (χ1) is 14.4. The van der Waals surface area contributed by atoms with Gasteiger partial charge in [-0.15, -0.1) is 0 Å². The fourth-order valence-electron chi connectivity index (χ4n) is 3.19. The maximum absolute atomic E-state index is 13.6. The number of nitrogens with one attached hydrogen (secondary N) is 1. The van der Waals surface area contributed by atoms with Crippen molar-refractivity contribution in [3.8, 4) is 0 Å². The average molecular weight is 428 g/mol. The minimum atomic E-state index is -0.445. The van der Waals surface area contributed by atoms with Gasteiger partial charge in [0, 0.05) is 30.8 Å². The third-order valence-electron chi connectivity index (χ3n) is 4.83. The van der Waals surface area contributed by atoms with Gasteiger partial charge in [0.05, 0.1) is 0 Å². The summed E-state index contributed by atoms with van der Waals surface area (Å²) in [6.07, 6.45) is 0.429. The van der Waals surface area contributed by atoms with Gasteiger partial charge in [-0.05, 0) is 53.3 Å². The lowest BCUT2D eigenvalue weighted by Crippen LogP contribution is -2.41. The van der Waals surface area contributed by atoms with E-state index in [-0.39, 0.29) is 22.6 Å². The molecule has 0 aliphatic heterocycles. The number of nitrogens with zero attached hydrogens (tertiary/aromatic N) is 1. The molecule has 2 aromatic rings. The first-order valence-electron chi connectivity index (χ1n) is 10.5. The Kier molecular flexibility index (Phi) is 7.96. The molecule has 0 radical (unpaired) electrons. The highest BCUT2D eigenvalue weighted by Crippen LogP contribution is 2.22. The molecular weight excluding hydrogens is 393 g/mol. The van der Waals surface area contributed by atoms with Gasteiger partial charge in [0.25, 0.3) is 5.91 Å². The van der Waals surface area contributed by atoms with E-state index in [1.165, 1.54) is 18.2 Å². The van der Waals surface area contributed by atoms with Crippen molar-refractivity contribution in [3.63, 3.8) is 0 Å². The summed E-state index contributed by atoms with van der Waals surface area (Å²) in [6.45, 7) is 11.2. The number of nitrogens with two attached hydrogens (primary N) is 1. The lowest BCUT2D eigenvalue weighted by Gasteiger charge is -2.32. The molecule has 6 heteroatoms. The van der Waals surface area contributed by atoms with Crippen LogP contribution in [0.25, 0.3) is 0 Å². The van der Waals surface area contributed by atoms with E-state index < -0.39 is 5.82 Å². The zero-order valence-corrected chi connectivity index (χ0v) is 19.2. The first kappa shape index (κ1) is 24.5. The van der Waals surface area contributed by atoms with Crippen LogP contribution in [-0.2, 0) is 11.3 Å². The zero-order valence-electron chi connectivity index (χ0n) is 19.2. The summed E-state index contributed by atoms with van der Waals surface area (Å²) in [7, 11) is 0. The third-order valence-corrected chi connectivity index (χ3v) is 4.83. The fourth-order valence-corrected chi connectivity index (χ4v) is 3.19. The van der Waals surface area contributed by atoms with Crippen molar-refractivity contribution in [2.45, 2.75) is 47.6 Å². The van der Waals surface area contributed by atoms with Gasteiger partial charge < -0.3 is 16.0 Å². The number of rotatable bonds is 8. The molecule has 0 bridgehead atoms. The summed E-state index contributed by atoms with van der Waals surface area (Å²) in [5, 5.41) is 2.90. The highest BCUT2D eigenvalue weighted by atomic mass is 19.1. The number of halogens is 1. The van der Waals surface area contributed by atoms with E-state index in [0.29, 0.717) is 37.3 Å². The molecule has 0 aliphatic rings. The number of anilines is 1. The molecule has 31 heavy (non-hydrogen) atoms. The Labute approximate surface area is 184 Å². The largest absolute Gasteiger partial charge is 0.334 e. The number of benzene rings is 2. The SMILES string of the molecule is CC(C)(C)CC(=O)Nc1ccc(CN(CC(C)(C)CN)C(=O)c2cccc(F)c2)cc1. The number of hydrogen-bond acceptors (Lipinski definition) is 3. The molecular formula is C25H34FN3O2. The second-order valence-corrected chi connectivity index (χ2v) is 10.0. The molecule has 168 valence electrons. The van der Waals surface area contributed by atoms with E-state index in [4.69, 9.17) is 5.73 Å². The van der Waals surface area contributed by atoms with Gasteiger partial charge in [0.1, 0.15) is 5.82 Å². The molecule has 2 rings (SSSR count). The van der Waals surface area contributed by atoms with Crippen molar-refractivity contribution >= 4 is 17.5 Å². The Bertz CT molecular complexity index is 902. The molecule has 0 heterocycles. The van der Waals surface area contributed by atoms with Gasteiger partial charge in [-0.2, -0.15) is 0 Å². The number of carbonyl (C=O) groups is 2. The molecule has 5 nitrogen and oxygen atoms in total. The first-order valence-corrected chi connectivity index (χ1v) is 10.5. The Morgan fingerprint density at radius 1 is 1.03 bits per heavy atom.